The number of hydrogen-bond acceptors (Lipinski definition) is 4. The summed E-state index contributed by atoms with van der Waals surface area (Å²) in [7, 11) is 0. The van der Waals surface area contributed by atoms with Crippen LogP contribution in [0.25, 0.3) is 0 Å². The van der Waals surface area contributed by atoms with Gasteiger partial charge in [-0.15, -0.1) is 11.3 Å². The van der Waals surface area contributed by atoms with Crippen LogP contribution in [0.2, 0.25) is 0 Å². The summed E-state index contributed by atoms with van der Waals surface area (Å²) in [6.07, 6.45) is -0.576. The molecule has 0 aliphatic heterocycles. The molecule has 0 bridgehead atoms. The zero-order chi connectivity index (χ0) is 15.5. The standard InChI is InChI=1S/C14H16F3N3S/c1-3-5-19-12(10-7-9(2)4-6-18-10)11-8-20-13(21-11)14(15,16)17/h4,6-8,12,19H,3,5H2,1-2H3. The van der Waals surface area contributed by atoms with E-state index in [2.05, 4.69) is 15.3 Å². The third kappa shape index (κ3) is 4.01. The first kappa shape index (κ1) is 15.9. The summed E-state index contributed by atoms with van der Waals surface area (Å²) in [6, 6.07) is 3.37. The number of pyridine rings is 1. The average Bonchev–Trinajstić information content (AvgIpc) is 2.89. The van der Waals surface area contributed by atoms with E-state index in [1.807, 2.05) is 26.0 Å². The summed E-state index contributed by atoms with van der Waals surface area (Å²) in [6.45, 7) is 4.62. The lowest BCUT2D eigenvalue weighted by atomic mass is 10.1. The molecule has 0 fully saturated rings. The fourth-order valence-corrected chi connectivity index (χ4v) is 2.78. The normalized spacial score (nSPS) is 13.4. The fourth-order valence-electron chi connectivity index (χ4n) is 1.91. The number of rotatable bonds is 5. The van der Waals surface area contributed by atoms with Crippen LogP contribution in [-0.4, -0.2) is 16.5 Å². The number of nitrogens with one attached hydrogen (secondary N) is 1. The molecule has 1 N–H and O–H groups in total. The lowest BCUT2D eigenvalue weighted by Crippen LogP contribution is -2.23. The Hall–Kier alpha value is -1.47. The van der Waals surface area contributed by atoms with Crippen LogP contribution in [0.3, 0.4) is 0 Å². The van der Waals surface area contributed by atoms with Gasteiger partial charge in [0, 0.05) is 17.3 Å². The number of nitrogens with zero attached hydrogens (tertiary/aromatic N) is 2. The number of halogens is 3. The van der Waals surface area contributed by atoms with Crippen molar-refractivity contribution in [3.05, 3.63) is 45.7 Å². The number of aromatic nitrogens is 2. The maximum absolute atomic E-state index is 12.7. The van der Waals surface area contributed by atoms with Crippen LogP contribution in [0.1, 0.15) is 40.5 Å². The highest BCUT2D eigenvalue weighted by atomic mass is 32.1. The SMILES string of the molecule is CCCNC(c1cc(C)ccn1)c1cnc(C(F)(F)F)s1. The Morgan fingerprint density at radius 2 is 2.10 bits per heavy atom. The summed E-state index contributed by atoms with van der Waals surface area (Å²) in [5, 5.41) is 2.41. The number of alkyl halides is 3. The van der Waals surface area contributed by atoms with Crippen LogP contribution in [0.4, 0.5) is 13.2 Å². The Morgan fingerprint density at radius 3 is 2.67 bits per heavy atom. The summed E-state index contributed by atoms with van der Waals surface area (Å²) >= 11 is 0.660. The molecule has 0 aliphatic carbocycles. The maximum Gasteiger partial charge on any atom is 0.443 e. The molecule has 21 heavy (non-hydrogen) atoms. The van der Waals surface area contributed by atoms with Gasteiger partial charge in [0.1, 0.15) is 0 Å². The molecule has 3 nitrogen and oxygen atoms in total. The molecule has 2 aromatic rings. The molecular formula is C14H16F3N3S. The average molecular weight is 315 g/mol. The molecule has 0 saturated carbocycles. The van der Waals surface area contributed by atoms with Gasteiger partial charge in [0.05, 0.1) is 11.7 Å². The van der Waals surface area contributed by atoms with Gasteiger partial charge in [-0.1, -0.05) is 6.92 Å². The molecule has 1 unspecified atom stereocenters. The van der Waals surface area contributed by atoms with Crippen molar-refractivity contribution in [3.63, 3.8) is 0 Å². The molecule has 0 radical (unpaired) electrons. The van der Waals surface area contributed by atoms with Crippen molar-refractivity contribution in [3.8, 4) is 0 Å². The predicted octanol–water partition coefficient (Wildman–Crippen LogP) is 3.95. The van der Waals surface area contributed by atoms with Gasteiger partial charge in [-0.2, -0.15) is 13.2 Å². The largest absolute Gasteiger partial charge is 0.443 e. The predicted molar refractivity (Wildman–Crippen MR) is 76.2 cm³/mol. The summed E-state index contributed by atoms with van der Waals surface area (Å²) in [5.74, 6) is 0. The van der Waals surface area contributed by atoms with Crippen molar-refractivity contribution in [2.24, 2.45) is 0 Å². The van der Waals surface area contributed by atoms with Crippen LogP contribution in [0.15, 0.2) is 24.5 Å². The van der Waals surface area contributed by atoms with Gasteiger partial charge in [0.15, 0.2) is 5.01 Å². The third-order valence-corrected chi connectivity index (χ3v) is 3.99. The van der Waals surface area contributed by atoms with Gasteiger partial charge in [-0.25, -0.2) is 4.98 Å². The molecule has 7 heteroatoms. The zero-order valence-electron chi connectivity index (χ0n) is 11.7. The number of hydrogen-bond donors (Lipinski definition) is 1. The van der Waals surface area contributed by atoms with Crippen molar-refractivity contribution in [1.29, 1.82) is 0 Å². The highest BCUT2D eigenvalue weighted by Gasteiger charge is 2.35. The van der Waals surface area contributed by atoms with Gasteiger partial charge in [-0.3, -0.25) is 4.98 Å². The van der Waals surface area contributed by atoms with E-state index < -0.39 is 11.2 Å². The van der Waals surface area contributed by atoms with Gasteiger partial charge in [0.2, 0.25) is 0 Å². The van der Waals surface area contributed by atoms with E-state index >= 15 is 0 Å². The van der Waals surface area contributed by atoms with Crippen molar-refractivity contribution in [2.45, 2.75) is 32.5 Å². The third-order valence-electron chi connectivity index (χ3n) is 2.88. The first-order valence-corrected chi connectivity index (χ1v) is 7.42. The molecule has 1 atom stereocenters. The van der Waals surface area contributed by atoms with E-state index in [1.165, 1.54) is 6.20 Å². The van der Waals surface area contributed by atoms with Crippen molar-refractivity contribution >= 4 is 11.3 Å². The van der Waals surface area contributed by atoms with E-state index in [-0.39, 0.29) is 6.04 Å². The second-order valence-electron chi connectivity index (χ2n) is 4.71. The minimum Gasteiger partial charge on any atom is -0.304 e. The van der Waals surface area contributed by atoms with Crippen molar-refractivity contribution < 1.29 is 13.2 Å². The van der Waals surface area contributed by atoms with E-state index in [1.54, 1.807) is 6.20 Å². The monoisotopic (exact) mass is 315 g/mol. The molecule has 2 heterocycles. The lowest BCUT2D eigenvalue weighted by Gasteiger charge is -2.16. The summed E-state index contributed by atoms with van der Waals surface area (Å²) in [4.78, 5) is 8.29. The molecule has 0 aliphatic rings. The minimum atomic E-state index is -4.40. The van der Waals surface area contributed by atoms with E-state index in [9.17, 15) is 13.2 Å². The number of thiazole rings is 1. The fraction of sp³-hybridized carbons (Fsp3) is 0.429. The van der Waals surface area contributed by atoms with Gasteiger partial charge < -0.3 is 5.32 Å². The van der Waals surface area contributed by atoms with Crippen LogP contribution >= 0.6 is 11.3 Å². The summed E-state index contributed by atoms with van der Waals surface area (Å²) < 4.78 is 38.1. The molecule has 2 aromatic heterocycles. The van der Waals surface area contributed by atoms with Gasteiger partial charge >= 0.3 is 6.18 Å². The van der Waals surface area contributed by atoms with E-state index in [0.717, 1.165) is 12.0 Å². The Kier molecular flexibility index (Phi) is 4.95. The molecule has 0 aromatic carbocycles. The van der Waals surface area contributed by atoms with Gasteiger partial charge in [0.25, 0.3) is 0 Å². The molecule has 0 amide bonds. The Balaban J connectivity index is 2.34. The van der Waals surface area contributed by atoms with Gasteiger partial charge in [-0.05, 0) is 37.6 Å². The van der Waals surface area contributed by atoms with Crippen molar-refractivity contribution in [1.82, 2.24) is 15.3 Å². The molecule has 2 rings (SSSR count). The highest BCUT2D eigenvalue weighted by Crippen LogP contribution is 2.35. The quantitative estimate of drug-likeness (QED) is 0.907. The zero-order valence-corrected chi connectivity index (χ0v) is 12.6. The Morgan fingerprint density at radius 1 is 1.33 bits per heavy atom. The smallest absolute Gasteiger partial charge is 0.304 e. The second-order valence-corrected chi connectivity index (χ2v) is 5.77. The van der Waals surface area contributed by atoms with E-state index in [4.69, 9.17) is 0 Å². The minimum absolute atomic E-state index is 0.363. The first-order chi connectivity index (χ1) is 9.91. The van der Waals surface area contributed by atoms with Crippen LogP contribution in [0.5, 0.6) is 0 Å². The molecule has 114 valence electrons. The number of aryl methyl sites for hydroxylation is 1. The van der Waals surface area contributed by atoms with Crippen LogP contribution in [-0.2, 0) is 6.18 Å². The topological polar surface area (TPSA) is 37.8 Å². The molecular weight excluding hydrogens is 299 g/mol. The molecule has 0 saturated heterocycles. The summed E-state index contributed by atoms with van der Waals surface area (Å²) in [5.41, 5.74) is 1.73. The highest BCUT2D eigenvalue weighted by molar-refractivity contribution is 7.11. The Labute approximate surface area is 125 Å². The van der Waals surface area contributed by atoms with Crippen molar-refractivity contribution in [2.75, 3.05) is 6.54 Å². The maximum atomic E-state index is 12.7. The van der Waals surface area contributed by atoms with Crippen LogP contribution < -0.4 is 5.32 Å². The van der Waals surface area contributed by atoms with E-state index in [0.29, 0.717) is 28.5 Å². The second kappa shape index (κ2) is 6.53. The van der Waals surface area contributed by atoms with Crippen LogP contribution in [0, 0.1) is 6.92 Å². The Bertz CT molecular complexity index is 595. The first-order valence-electron chi connectivity index (χ1n) is 6.60. The lowest BCUT2D eigenvalue weighted by molar-refractivity contribution is -0.137. The molecule has 0 spiro atoms.